The minimum atomic E-state index is 0.156. The van der Waals surface area contributed by atoms with Crippen LogP contribution in [0.15, 0.2) is 18.2 Å². The van der Waals surface area contributed by atoms with E-state index < -0.39 is 0 Å². The van der Waals surface area contributed by atoms with Gasteiger partial charge in [0.25, 0.3) is 0 Å². The predicted octanol–water partition coefficient (Wildman–Crippen LogP) is 1.25. The molecule has 17 heavy (non-hydrogen) atoms. The molecule has 2 N–H and O–H groups in total. The number of aryl methyl sites for hydroxylation is 1. The molecule has 1 fully saturated rings. The summed E-state index contributed by atoms with van der Waals surface area (Å²) >= 11 is 0. The van der Waals surface area contributed by atoms with Gasteiger partial charge in [0.15, 0.2) is 0 Å². The lowest BCUT2D eigenvalue weighted by atomic mass is 10.1. The highest BCUT2D eigenvalue weighted by atomic mass is 16.2. The first-order chi connectivity index (χ1) is 8.08. The van der Waals surface area contributed by atoms with Crippen LogP contribution < -0.4 is 10.6 Å². The molecule has 0 aliphatic carbocycles. The second kappa shape index (κ2) is 4.65. The highest BCUT2D eigenvalue weighted by Gasteiger charge is 2.20. The van der Waals surface area contributed by atoms with Gasteiger partial charge in [-0.3, -0.25) is 4.79 Å². The van der Waals surface area contributed by atoms with Crippen LogP contribution in [0.1, 0.15) is 12.0 Å². The van der Waals surface area contributed by atoms with E-state index in [1.807, 2.05) is 32.2 Å². The maximum Gasteiger partial charge on any atom is 0.241 e. The lowest BCUT2D eigenvalue weighted by molar-refractivity contribution is -0.127. The van der Waals surface area contributed by atoms with Crippen LogP contribution >= 0.6 is 0 Å². The van der Waals surface area contributed by atoms with E-state index >= 15 is 0 Å². The first kappa shape index (κ1) is 11.8. The lowest BCUT2D eigenvalue weighted by Gasteiger charge is -2.23. The summed E-state index contributed by atoms with van der Waals surface area (Å²) in [5.74, 6) is 0.156. The van der Waals surface area contributed by atoms with Crippen molar-refractivity contribution in [2.24, 2.45) is 0 Å². The van der Waals surface area contributed by atoms with Gasteiger partial charge in [-0.25, -0.2) is 0 Å². The molecule has 0 spiro atoms. The van der Waals surface area contributed by atoms with Gasteiger partial charge >= 0.3 is 0 Å². The molecule has 0 unspecified atom stereocenters. The van der Waals surface area contributed by atoms with Crippen molar-refractivity contribution in [1.82, 2.24) is 4.90 Å². The Hall–Kier alpha value is -1.71. The Morgan fingerprint density at radius 1 is 1.29 bits per heavy atom. The third kappa shape index (κ3) is 2.52. The van der Waals surface area contributed by atoms with Gasteiger partial charge in [0.2, 0.25) is 5.91 Å². The van der Waals surface area contributed by atoms with Gasteiger partial charge in [0.05, 0.1) is 17.9 Å². The number of nitrogens with two attached hydrogens (primary N) is 1. The summed E-state index contributed by atoms with van der Waals surface area (Å²) in [6.07, 6.45) is 0.982. The fraction of sp³-hybridized carbons (Fsp3) is 0.462. The topological polar surface area (TPSA) is 49.6 Å². The molecule has 1 amide bonds. The summed E-state index contributed by atoms with van der Waals surface area (Å²) in [5.41, 5.74) is 8.87. The van der Waals surface area contributed by atoms with Crippen molar-refractivity contribution < 1.29 is 4.79 Å². The van der Waals surface area contributed by atoms with E-state index in [1.165, 1.54) is 5.56 Å². The number of carbonyl (C=O) groups is 1. The van der Waals surface area contributed by atoms with Gasteiger partial charge < -0.3 is 15.5 Å². The molecular weight excluding hydrogens is 214 g/mol. The van der Waals surface area contributed by atoms with Gasteiger partial charge in [-0.15, -0.1) is 0 Å². The van der Waals surface area contributed by atoms with Crippen molar-refractivity contribution in [2.45, 2.75) is 13.3 Å². The molecular formula is C13H19N3O. The molecule has 0 bridgehead atoms. The van der Waals surface area contributed by atoms with Gasteiger partial charge in [-0.1, -0.05) is 6.07 Å². The fourth-order valence-electron chi connectivity index (χ4n) is 2.12. The number of rotatable bonds is 1. The molecule has 4 heteroatoms. The molecule has 1 heterocycles. The molecule has 0 atom stereocenters. The minimum absolute atomic E-state index is 0.156. The predicted molar refractivity (Wildman–Crippen MR) is 70.1 cm³/mol. The van der Waals surface area contributed by atoms with E-state index in [1.54, 1.807) is 4.90 Å². The summed E-state index contributed by atoms with van der Waals surface area (Å²) < 4.78 is 0. The highest BCUT2D eigenvalue weighted by molar-refractivity contribution is 5.83. The zero-order valence-electron chi connectivity index (χ0n) is 10.4. The molecule has 0 radical (unpaired) electrons. The first-order valence-corrected chi connectivity index (χ1v) is 5.93. The summed E-state index contributed by atoms with van der Waals surface area (Å²) in [6.45, 7) is 4.16. The molecule has 0 saturated carbocycles. The Bertz CT molecular complexity index is 431. The van der Waals surface area contributed by atoms with E-state index in [4.69, 9.17) is 5.73 Å². The van der Waals surface area contributed by atoms with Crippen LogP contribution in [0.2, 0.25) is 0 Å². The van der Waals surface area contributed by atoms with E-state index in [0.717, 1.165) is 30.9 Å². The molecule has 1 aromatic rings. The summed E-state index contributed by atoms with van der Waals surface area (Å²) in [4.78, 5) is 15.7. The number of benzene rings is 1. The van der Waals surface area contributed by atoms with E-state index in [-0.39, 0.29) is 5.91 Å². The Morgan fingerprint density at radius 3 is 2.82 bits per heavy atom. The number of amides is 1. The second-order valence-electron chi connectivity index (χ2n) is 4.65. The molecule has 1 aliphatic rings. The van der Waals surface area contributed by atoms with Crippen LogP contribution in [-0.2, 0) is 4.79 Å². The third-order valence-electron chi connectivity index (χ3n) is 3.20. The van der Waals surface area contributed by atoms with Crippen molar-refractivity contribution in [3.05, 3.63) is 23.8 Å². The molecule has 92 valence electrons. The van der Waals surface area contributed by atoms with Crippen molar-refractivity contribution in [3.63, 3.8) is 0 Å². The zero-order chi connectivity index (χ0) is 12.4. The van der Waals surface area contributed by atoms with Gasteiger partial charge in [0, 0.05) is 20.1 Å². The number of nitrogens with zero attached hydrogens (tertiary/aromatic N) is 2. The van der Waals surface area contributed by atoms with Crippen molar-refractivity contribution in [2.75, 3.05) is 37.3 Å². The standard InChI is InChI=1S/C13H19N3O/c1-10-4-5-11(14)12(8-10)16-7-3-6-15(2)13(17)9-16/h4-5,8H,3,6-7,9,14H2,1-2H3. The van der Waals surface area contributed by atoms with E-state index in [0.29, 0.717) is 6.54 Å². The molecule has 2 rings (SSSR count). The van der Waals surface area contributed by atoms with Crippen LogP contribution in [0.4, 0.5) is 11.4 Å². The average molecular weight is 233 g/mol. The number of hydrogen-bond acceptors (Lipinski definition) is 3. The second-order valence-corrected chi connectivity index (χ2v) is 4.65. The normalized spacial score (nSPS) is 17.2. The smallest absolute Gasteiger partial charge is 0.241 e. The molecule has 0 aromatic heterocycles. The zero-order valence-corrected chi connectivity index (χ0v) is 10.4. The van der Waals surface area contributed by atoms with Crippen LogP contribution in [0, 0.1) is 6.92 Å². The van der Waals surface area contributed by atoms with E-state index in [9.17, 15) is 4.79 Å². The number of nitrogen functional groups attached to an aromatic ring is 1. The quantitative estimate of drug-likeness (QED) is 0.743. The van der Waals surface area contributed by atoms with Gasteiger partial charge in [-0.05, 0) is 31.0 Å². The molecule has 1 aromatic carbocycles. The monoisotopic (exact) mass is 233 g/mol. The maximum absolute atomic E-state index is 11.8. The van der Waals surface area contributed by atoms with Crippen LogP contribution in [0.3, 0.4) is 0 Å². The summed E-state index contributed by atoms with van der Waals surface area (Å²) in [5, 5.41) is 0. The third-order valence-corrected chi connectivity index (χ3v) is 3.20. The number of likely N-dealkylation sites (N-methyl/N-ethyl adjacent to an activating group) is 1. The summed E-state index contributed by atoms with van der Waals surface area (Å²) in [6, 6.07) is 5.95. The van der Waals surface area contributed by atoms with Crippen molar-refractivity contribution >= 4 is 17.3 Å². The Morgan fingerprint density at radius 2 is 2.06 bits per heavy atom. The first-order valence-electron chi connectivity index (χ1n) is 5.93. The Labute approximate surface area is 102 Å². The van der Waals surface area contributed by atoms with Crippen LogP contribution in [0.25, 0.3) is 0 Å². The van der Waals surface area contributed by atoms with Crippen molar-refractivity contribution in [1.29, 1.82) is 0 Å². The Balaban J connectivity index is 2.26. The highest BCUT2D eigenvalue weighted by Crippen LogP contribution is 2.25. The Kier molecular flexibility index (Phi) is 3.22. The minimum Gasteiger partial charge on any atom is -0.397 e. The van der Waals surface area contributed by atoms with E-state index in [2.05, 4.69) is 4.90 Å². The van der Waals surface area contributed by atoms with Crippen LogP contribution in [-0.4, -0.2) is 37.5 Å². The largest absolute Gasteiger partial charge is 0.397 e. The molecule has 1 saturated heterocycles. The number of carbonyl (C=O) groups excluding carboxylic acids is 1. The molecule has 1 aliphatic heterocycles. The summed E-state index contributed by atoms with van der Waals surface area (Å²) in [7, 11) is 1.85. The maximum atomic E-state index is 11.8. The number of anilines is 2. The van der Waals surface area contributed by atoms with Crippen LogP contribution in [0.5, 0.6) is 0 Å². The lowest BCUT2D eigenvalue weighted by Crippen LogP contribution is -2.34. The average Bonchev–Trinajstić information content (AvgIpc) is 2.45. The van der Waals surface area contributed by atoms with Gasteiger partial charge in [0.1, 0.15) is 0 Å². The number of hydrogen-bond donors (Lipinski definition) is 1. The van der Waals surface area contributed by atoms with Gasteiger partial charge in [-0.2, -0.15) is 0 Å². The van der Waals surface area contributed by atoms with Crippen molar-refractivity contribution in [3.8, 4) is 0 Å². The SMILES string of the molecule is Cc1ccc(N)c(N2CCCN(C)C(=O)C2)c1. The fourth-order valence-corrected chi connectivity index (χ4v) is 2.12. The molecule has 4 nitrogen and oxygen atoms in total.